The van der Waals surface area contributed by atoms with Gasteiger partial charge in [-0.25, -0.2) is 4.79 Å². The quantitative estimate of drug-likeness (QED) is 0.0510. The van der Waals surface area contributed by atoms with Gasteiger partial charge in [-0.15, -0.1) is 0 Å². The van der Waals surface area contributed by atoms with Gasteiger partial charge in [-0.3, -0.25) is 4.79 Å². The summed E-state index contributed by atoms with van der Waals surface area (Å²) in [6, 6.07) is 1.63. The Morgan fingerprint density at radius 2 is 1.05 bits per heavy atom. The van der Waals surface area contributed by atoms with Crippen LogP contribution in [0.3, 0.4) is 0 Å². The van der Waals surface area contributed by atoms with E-state index in [9.17, 15) is 9.59 Å². The van der Waals surface area contributed by atoms with Crippen LogP contribution in [0.15, 0.2) is 23.8 Å². The second-order valence-electron chi connectivity index (χ2n) is 11.0. The first-order chi connectivity index (χ1) is 20.5. The molecule has 0 heterocycles. The molecule has 0 saturated heterocycles. The highest BCUT2D eigenvalue weighted by Crippen LogP contribution is 2.20. The van der Waals surface area contributed by atoms with E-state index in [1.807, 2.05) is 6.08 Å². The van der Waals surface area contributed by atoms with Crippen molar-refractivity contribution in [1.29, 1.82) is 0 Å². The molecule has 0 aromatic rings. The van der Waals surface area contributed by atoms with Crippen LogP contribution in [0.4, 0.5) is 0 Å². The summed E-state index contributed by atoms with van der Waals surface area (Å²) in [6.45, 7) is 9.18. The lowest BCUT2D eigenvalue weighted by Gasteiger charge is -2.26. The molecule has 0 unspecified atom stereocenters. The van der Waals surface area contributed by atoms with Crippen LogP contribution in [0.2, 0.25) is 12.1 Å². The number of carbonyl (C=O) groups excluding carboxylic acids is 1. The van der Waals surface area contributed by atoms with Crippen LogP contribution in [0.5, 0.6) is 0 Å². The number of rotatable bonds is 28. The van der Waals surface area contributed by atoms with Gasteiger partial charge in [-0.2, -0.15) is 0 Å². The molecule has 9 nitrogen and oxygen atoms in total. The Kier molecular flexibility index (Phi) is 28.9. The van der Waals surface area contributed by atoms with Gasteiger partial charge in [-0.1, -0.05) is 90.2 Å². The number of unbranched alkanes of at least 4 members (excludes halogenated alkanes) is 13. The minimum absolute atomic E-state index is 0.000262. The van der Waals surface area contributed by atoms with Crippen LogP contribution < -0.4 is 0 Å². The summed E-state index contributed by atoms with van der Waals surface area (Å²) in [5.74, 6) is -0.914. The SMILES string of the molecule is C=C(C)C(=O)CO[Si](CCCCCCCCC)(OC)OC.CO[Si](CCCCCCCCCC=C(C)C(=O)O)(OC)OC. The standard InChI is InChI=1S/C16H32O5Si.C16H32O4Si/c1-15(16(17)18)13-11-9-7-5-6-8-10-12-14-22(19-2,20-3)21-4;1-6-7-8-9-10-11-12-13-21(18-4,19-5)20-14-16(17)15(2)3/h13H,5-12,14H2,1-4H3,(H,17,18);2,6-14H2,1,3-5H3. The monoisotopic (exact) mass is 648 g/mol. The number of aliphatic carboxylic acids is 1. The number of carboxylic acid groups (broad SMARTS) is 1. The maximum Gasteiger partial charge on any atom is 0.500 e. The minimum atomic E-state index is -2.69. The van der Waals surface area contributed by atoms with E-state index in [-0.39, 0.29) is 12.4 Å². The molecule has 43 heavy (non-hydrogen) atoms. The summed E-state index contributed by atoms with van der Waals surface area (Å²) in [5, 5.41) is 8.72. The zero-order valence-corrected chi connectivity index (χ0v) is 30.7. The van der Waals surface area contributed by atoms with Gasteiger partial charge in [0.05, 0.1) is 0 Å². The lowest BCUT2D eigenvalue weighted by atomic mass is 10.1. The Balaban J connectivity index is 0. The molecule has 0 spiro atoms. The molecule has 254 valence electrons. The van der Waals surface area contributed by atoms with Crippen molar-refractivity contribution in [1.82, 2.24) is 0 Å². The number of allylic oxidation sites excluding steroid dienone is 1. The van der Waals surface area contributed by atoms with E-state index >= 15 is 0 Å². The largest absolute Gasteiger partial charge is 0.500 e. The van der Waals surface area contributed by atoms with Crippen molar-refractivity contribution in [2.45, 2.75) is 129 Å². The predicted octanol–water partition coefficient (Wildman–Crippen LogP) is 8.15. The third kappa shape index (κ3) is 22.9. The Morgan fingerprint density at radius 1 is 0.651 bits per heavy atom. The lowest BCUT2D eigenvalue weighted by Crippen LogP contribution is -2.45. The molecule has 0 aromatic heterocycles. The molecule has 1 N–H and O–H groups in total. The van der Waals surface area contributed by atoms with Gasteiger partial charge < -0.3 is 31.7 Å². The van der Waals surface area contributed by atoms with E-state index in [0.717, 1.165) is 50.6 Å². The van der Waals surface area contributed by atoms with Gasteiger partial charge >= 0.3 is 23.6 Å². The third-order valence-corrected chi connectivity index (χ3v) is 13.1. The second kappa shape index (κ2) is 28.3. The molecule has 0 atom stereocenters. The van der Waals surface area contributed by atoms with Crippen LogP contribution in [-0.4, -0.2) is 76.6 Å². The van der Waals surface area contributed by atoms with E-state index in [1.54, 1.807) is 49.4 Å². The molecule has 0 rings (SSSR count). The van der Waals surface area contributed by atoms with E-state index in [2.05, 4.69) is 13.5 Å². The van der Waals surface area contributed by atoms with Crippen molar-refractivity contribution < 1.29 is 41.3 Å². The highest BCUT2D eigenvalue weighted by Gasteiger charge is 2.39. The van der Waals surface area contributed by atoms with E-state index in [1.165, 1.54) is 57.8 Å². The average molecular weight is 649 g/mol. The van der Waals surface area contributed by atoms with Gasteiger partial charge in [0, 0.05) is 53.2 Å². The predicted molar refractivity (Wildman–Crippen MR) is 178 cm³/mol. The summed E-state index contributed by atoms with van der Waals surface area (Å²) < 4.78 is 32.8. The molecule has 0 amide bonds. The van der Waals surface area contributed by atoms with Crippen molar-refractivity contribution in [3.05, 3.63) is 23.8 Å². The van der Waals surface area contributed by atoms with E-state index in [0.29, 0.717) is 11.1 Å². The molecular weight excluding hydrogens is 585 g/mol. The molecule has 0 aliphatic rings. The van der Waals surface area contributed by atoms with E-state index in [4.69, 9.17) is 31.7 Å². The summed E-state index contributed by atoms with van der Waals surface area (Å²) >= 11 is 0. The summed E-state index contributed by atoms with van der Waals surface area (Å²) in [4.78, 5) is 22.2. The number of carboxylic acids is 1. The van der Waals surface area contributed by atoms with Gasteiger partial charge in [-0.05, 0) is 45.1 Å². The Morgan fingerprint density at radius 3 is 1.44 bits per heavy atom. The molecule has 0 saturated carbocycles. The first-order valence-electron chi connectivity index (χ1n) is 16.0. The number of Topliss-reactive ketones (excluding diaryl/α,β-unsaturated/α-hetero) is 1. The van der Waals surface area contributed by atoms with Gasteiger partial charge in [0.1, 0.15) is 6.61 Å². The molecule has 0 aliphatic heterocycles. The zero-order valence-electron chi connectivity index (χ0n) is 28.7. The highest BCUT2D eigenvalue weighted by atomic mass is 28.4. The molecule has 0 bridgehead atoms. The Labute approximate surface area is 265 Å². The van der Waals surface area contributed by atoms with Crippen LogP contribution in [0.1, 0.15) is 117 Å². The number of carbonyl (C=O) groups is 2. The third-order valence-electron chi connectivity index (χ3n) is 7.52. The molecule has 0 aliphatic carbocycles. The van der Waals surface area contributed by atoms with Gasteiger partial charge in [0.15, 0.2) is 5.78 Å². The number of hydrogen-bond donors (Lipinski definition) is 1. The summed E-state index contributed by atoms with van der Waals surface area (Å²) in [7, 11) is 3.09. The minimum Gasteiger partial charge on any atom is -0.478 e. The summed E-state index contributed by atoms with van der Waals surface area (Å²) in [6.07, 6.45) is 19.4. The van der Waals surface area contributed by atoms with Crippen LogP contribution in [-0.2, 0) is 36.1 Å². The van der Waals surface area contributed by atoms with Crippen molar-refractivity contribution in [2.75, 3.05) is 42.2 Å². The van der Waals surface area contributed by atoms with Crippen molar-refractivity contribution in [3.63, 3.8) is 0 Å². The van der Waals surface area contributed by atoms with Gasteiger partial charge in [0.25, 0.3) is 0 Å². The number of hydrogen-bond acceptors (Lipinski definition) is 8. The molecular formula is C32H64O9Si2. The Hall–Kier alpha value is -1.19. The van der Waals surface area contributed by atoms with Crippen LogP contribution in [0.25, 0.3) is 0 Å². The Bertz CT molecular complexity index is 743. The molecule has 11 heteroatoms. The molecule has 0 fully saturated rings. The van der Waals surface area contributed by atoms with Crippen molar-refractivity contribution in [2.24, 2.45) is 0 Å². The average Bonchev–Trinajstić information content (AvgIpc) is 3.01. The maximum atomic E-state index is 11.6. The number of ketones is 1. The maximum absolute atomic E-state index is 11.6. The van der Waals surface area contributed by atoms with Gasteiger partial charge in [0.2, 0.25) is 0 Å². The normalized spacial score (nSPS) is 12.1. The highest BCUT2D eigenvalue weighted by molar-refractivity contribution is 6.61. The summed E-state index contributed by atoms with van der Waals surface area (Å²) in [5.41, 5.74) is 0.947. The fourth-order valence-corrected chi connectivity index (χ4v) is 8.19. The first kappa shape index (κ1) is 43.9. The molecule has 0 aromatic carbocycles. The van der Waals surface area contributed by atoms with E-state index < -0.39 is 23.6 Å². The van der Waals surface area contributed by atoms with Crippen LogP contribution in [0, 0.1) is 0 Å². The second-order valence-corrected chi connectivity index (χ2v) is 17.0. The van der Waals surface area contributed by atoms with Crippen molar-refractivity contribution >= 4 is 29.4 Å². The molecule has 0 radical (unpaired) electrons. The topological polar surface area (TPSA) is 110 Å². The zero-order chi connectivity index (χ0) is 33.0. The fraction of sp³-hybridized carbons (Fsp3) is 0.812. The van der Waals surface area contributed by atoms with Crippen molar-refractivity contribution in [3.8, 4) is 0 Å². The fourth-order valence-electron chi connectivity index (χ4n) is 4.41. The van der Waals surface area contributed by atoms with Crippen LogP contribution >= 0.6 is 0 Å². The first-order valence-corrected chi connectivity index (χ1v) is 19.9. The smallest absolute Gasteiger partial charge is 0.478 e. The lowest BCUT2D eigenvalue weighted by molar-refractivity contribution is -0.132.